The maximum Gasteiger partial charge on any atom is 0.230 e. The van der Waals surface area contributed by atoms with Crippen molar-refractivity contribution >= 4 is 17.7 Å². The summed E-state index contributed by atoms with van der Waals surface area (Å²) in [5.41, 5.74) is 3.29. The third kappa shape index (κ3) is 6.91. The van der Waals surface area contributed by atoms with Gasteiger partial charge in [0.2, 0.25) is 5.91 Å². The summed E-state index contributed by atoms with van der Waals surface area (Å²) in [6, 6.07) is 15.4. The molecule has 0 aliphatic carbocycles. The molecule has 0 spiro atoms. The Hall–Kier alpha value is -1.81. The van der Waals surface area contributed by atoms with Gasteiger partial charge in [0.05, 0.1) is 5.75 Å². The van der Waals surface area contributed by atoms with Gasteiger partial charge in [-0.25, -0.2) is 4.39 Å². The van der Waals surface area contributed by atoms with Crippen molar-refractivity contribution in [2.45, 2.75) is 38.4 Å². The molecule has 2 nitrogen and oxygen atoms in total. The molecular formula is C21H26FNOS. The lowest BCUT2D eigenvalue weighted by molar-refractivity contribution is -0.118. The summed E-state index contributed by atoms with van der Waals surface area (Å²) in [7, 11) is 0. The molecular weight excluding hydrogens is 333 g/mol. The summed E-state index contributed by atoms with van der Waals surface area (Å²) in [6.45, 7) is 5.05. The fraction of sp³-hybridized carbons (Fsp3) is 0.381. The van der Waals surface area contributed by atoms with Gasteiger partial charge in [-0.05, 0) is 41.5 Å². The third-order valence-corrected chi connectivity index (χ3v) is 5.04. The lowest BCUT2D eigenvalue weighted by Gasteiger charge is -2.08. The van der Waals surface area contributed by atoms with Crippen LogP contribution in [0, 0.1) is 5.82 Å². The number of amides is 1. The van der Waals surface area contributed by atoms with Crippen LogP contribution in [0.1, 0.15) is 42.9 Å². The number of carbonyl (C=O) groups excluding carboxylic acids is 1. The van der Waals surface area contributed by atoms with Crippen molar-refractivity contribution in [2.75, 3.05) is 12.3 Å². The van der Waals surface area contributed by atoms with Gasteiger partial charge in [-0.15, -0.1) is 11.8 Å². The second-order valence-electron chi connectivity index (χ2n) is 6.43. The number of thioether (sulfide) groups is 1. The highest BCUT2D eigenvalue weighted by atomic mass is 32.2. The van der Waals surface area contributed by atoms with E-state index in [4.69, 9.17) is 0 Å². The average Bonchev–Trinajstić information content (AvgIpc) is 2.61. The molecule has 2 aromatic carbocycles. The number of nitrogens with one attached hydrogen (secondary N) is 1. The Labute approximate surface area is 154 Å². The van der Waals surface area contributed by atoms with Gasteiger partial charge in [0, 0.05) is 12.3 Å². The summed E-state index contributed by atoms with van der Waals surface area (Å²) in [6.07, 6.45) is 1.88. The van der Waals surface area contributed by atoms with Crippen LogP contribution in [0.4, 0.5) is 4.39 Å². The lowest BCUT2D eigenvalue weighted by atomic mass is 10.0. The van der Waals surface area contributed by atoms with E-state index in [1.807, 2.05) is 6.07 Å². The fourth-order valence-corrected chi connectivity index (χ4v) is 3.35. The Kier molecular flexibility index (Phi) is 7.99. The molecule has 0 aliphatic heterocycles. The second kappa shape index (κ2) is 10.2. The van der Waals surface area contributed by atoms with Crippen molar-refractivity contribution < 1.29 is 9.18 Å². The first-order chi connectivity index (χ1) is 12.1. The van der Waals surface area contributed by atoms with E-state index < -0.39 is 0 Å². The molecule has 0 saturated carbocycles. The number of aryl methyl sites for hydroxylation is 1. The number of hydrogen-bond acceptors (Lipinski definition) is 2. The first-order valence-corrected chi connectivity index (χ1v) is 9.88. The van der Waals surface area contributed by atoms with Crippen LogP contribution in [-0.2, 0) is 17.0 Å². The van der Waals surface area contributed by atoms with Crippen molar-refractivity contribution in [1.82, 2.24) is 5.32 Å². The number of halogens is 1. The fourth-order valence-electron chi connectivity index (χ4n) is 2.51. The second-order valence-corrected chi connectivity index (χ2v) is 7.42. The van der Waals surface area contributed by atoms with E-state index in [0.29, 0.717) is 29.5 Å². The minimum absolute atomic E-state index is 0.0106. The summed E-state index contributed by atoms with van der Waals surface area (Å²) < 4.78 is 13.5. The first kappa shape index (κ1) is 19.5. The van der Waals surface area contributed by atoms with Gasteiger partial charge in [0.15, 0.2) is 0 Å². The minimum atomic E-state index is -0.209. The highest BCUT2D eigenvalue weighted by Crippen LogP contribution is 2.16. The van der Waals surface area contributed by atoms with E-state index in [1.165, 1.54) is 29.0 Å². The largest absolute Gasteiger partial charge is 0.355 e. The van der Waals surface area contributed by atoms with Crippen LogP contribution < -0.4 is 5.32 Å². The van der Waals surface area contributed by atoms with E-state index >= 15 is 0 Å². The Morgan fingerprint density at radius 3 is 2.52 bits per heavy atom. The summed E-state index contributed by atoms with van der Waals surface area (Å²) in [4.78, 5) is 11.8. The van der Waals surface area contributed by atoms with Crippen LogP contribution in [0.5, 0.6) is 0 Å². The summed E-state index contributed by atoms with van der Waals surface area (Å²) in [5, 5.41) is 2.93. The third-order valence-electron chi connectivity index (χ3n) is 4.06. The predicted molar refractivity (Wildman–Crippen MR) is 104 cm³/mol. The van der Waals surface area contributed by atoms with Crippen molar-refractivity contribution in [2.24, 2.45) is 0 Å². The van der Waals surface area contributed by atoms with E-state index in [2.05, 4.69) is 43.4 Å². The lowest BCUT2D eigenvalue weighted by Crippen LogP contribution is -2.26. The van der Waals surface area contributed by atoms with Crippen molar-refractivity contribution in [3.8, 4) is 0 Å². The first-order valence-electron chi connectivity index (χ1n) is 8.73. The molecule has 1 amide bonds. The zero-order valence-corrected chi connectivity index (χ0v) is 15.7. The normalized spacial score (nSPS) is 10.9. The molecule has 25 heavy (non-hydrogen) atoms. The quantitative estimate of drug-likeness (QED) is 0.643. The number of rotatable bonds is 9. The highest BCUT2D eigenvalue weighted by molar-refractivity contribution is 7.99. The molecule has 2 rings (SSSR count). The van der Waals surface area contributed by atoms with Gasteiger partial charge in [0.1, 0.15) is 5.82 Å². The molecule has 0 bridgehead atoms. The van der Waals surface area contributed by atoms with Gasteiger partial charge in [0.25, 0.3) is 0 Å². The Bertz CT molecular complexity index is 670. The highest BCUT2D eigenvalue weighted by Gasteiger charge is 2.05. The van der Waals surface area contributed by atoms with Gasteiger partial charge < -0.3 is 5.32 Å². The maximum atomic E-state index is 13.5. The van der Waals surface area contributed by atoms with Crippen LogP contribution >= 0.6 is 11.8 Å². The Balaban J connectivity index is 1.60. The van der Waals surface area contributed by atoms with Gasteiger partial charge >= 0.3 is 0 Å². The molecule has 134 valence electrons. The van der Waals surface area contributed by atoms with Crippen molar-refractivity contribution in [1.29, 1.82) is 0 Å². The molecule has 0 radical (unpaired) electrons. The number of hydrogen-bond donors (Lipinski definition) is 1. The summed E-state index contributed by atoms with van der Waals surface area (Å²) in [5.74, 6) is 1.23. The van der Waals surface area contributed by atoms with E-state index in [9.17, 15) is 9.18 Å². The van der Waals surface area contributed by atoms with Crippen molar-refractivity contribution in [3.05, 3.63) is 71.0 Å². The minimum Gasteiger partial charge on any atom is -0.355 e. The zero-order valence-electron chi connectivity index (χ0n) is 14.9. The molecule has 1 N–H and O–H groups in total. The molecule has 0 atom stereocenters. The molecule has 0 aromatic heterocycles. The molecule has 2 aromatic rings. The monoisotopic (exact) mass is 359 g/mol. The molecule has 0 saturated heterocycles. The molecule has 0 unspecified atom stereocenters. The van der Waals surface area contributed by atoms with Crippen LogP contribution in [0.2, 0.25) is 0 Å². The van der Waals surface area contributed by atoms with Crippen LogP contribution in [-0.4, -0.2) is 18.2 Å². The summed E-state index contributed by atoms with van der Waals surface area (Å²) >= 11 is 1.44. The van der Waals surface area contributed by atoms with Crippen LogP contribution in [0.3, 0.4) is 0 Å². The predicted octanol–water partition coefficient (Wildman–Crippen LogP) is 4.93. The van der Waals surface area contributed by atoms with E-state index in [0.717, 1.165) is 12.8 Å². The topological polar surface area (TPSA) is 29.1 Å². The van der Waals surface area contributed by atoms with Gasteiger partial charge in [-0.1, -0.05) is 56.3 Å². The van der Waals surface area contributed by atoms with E-state index in [-0.39, 0.29) is 11.7 Å². The molecule has 0 fully saturated rings. The smallest absolute Gasteiger partial charge is 0.230 e. The van der Waals surface area contributed by atoms with E-state index in [1.54, 1.807) is 12.1 Å². The number of benzene rings is 2. The van der Waals surface area contributed by atoms with Crippen molar-refractivity contribution in [3.63, 3.8) is 0 Å². The molecule has 4 heteroatoms. The van der Waals surface area contributed by atoms with Gasteiger partial charge in [-0.3, -0.25) is 4.79 Å². The Morgan fingerprint density at radius 1 is 1.12 bits per heavy atom. The standard InChI is InChI=1S/C21H26FNOS/c1-16(2)18-11-9-17(10-12-18)6-5-13-23-21(24)15-25-14-19-7-3-4-8-20(19)22/h3-4,7-12,16H,5-6,13-15H2,1-2H3,(H,23,24). The van der Waals surface area contributed by atoms with Gasteiger partial charge in [-0.2, -0.15) is 0 Å². The Morgan fingerprint density at radius 2 is 1.84 bits per heavy atom. The SMILES string of the molecule is CC(C)c1ccc(CCCNC(=O)CSCc2ccccc2F)cc1. The van der Waals surface area contributed by atoms with Crippen LogP contribution in [0.25, 0.3) is 0 Å². The zero-order chi connectivity index (χ0) is 18.1. The molecule has 0 heterocycles. The average molecular weight is 360 g/mol. The van der Waals surface area contributed by atoms with Crippen LogP contribution in [0.15, 0.2) is 48.5 Å². The maximum absolute atomic E-state index is 13.5. The molecule has 0 aliphatic rings. The number of carbonyl (C=O) groups is 1.